The van der Waals surface area contributed by atoms with Gasteiger partial charge in [0.25, 0.3) is 0 Å². The average molecular weight is 348 g/mol. The molecule has 1 saturated heterocycles. The number of carbonyl (C=O) groups is 1. The molecule has 136 valence electrons. The molecule has 0 bridgehead atoms. The molecule has 0 saturated carbocycles. The lowest BCUT2D eigenvalue weighted by molar-refractivity contribution is -0.149. The second-order valence-electron chi connectivity index (χ2n) is 5.47. The van der Waals surface area contributed by atoms with E-state index in [9.17, 15) is 4.79 Å². The van der Waals surface area contributed by atoms with Gasteiger partial charge in [-0.2, -0.15) is 0 Å². The normalized spacial score (nSPS) is 20.7. The molecule has 0 aromatic carbocycles. The molecular formula is C16H33NO5Si. The van der Waals surface area contributed by atoms with Gasteiger partial charge in [0, 0.05) is 19.8 Å². The van der Waals surface area contributed by atoms with Crippen molar-refractivity contribution >= 4 is 14.8 Å². The zero-order valence-electron chi connectivity index (χ0n) is 15.3. The van der Waals surface area contributed by atoms with Gasteiger partial charge < -0.3 is 18.0 Å². The van der Waals surface area contributed by atoms with Crippen LogP contribution >= 0.6 is 0 Å². The Morgan fingerprint density at radius 1 is 1.04 bits per heavy atom. The molecule has 1 aliphatic rings. The molecule has 1 heterocycles. The monoisotopic (exact) mass is 347 g/mol. The van der Waals surface area contributed by atoms with E-state index >= 15 is 0 Å². The van der Waals surface area contributed by atoms with E-state index in [2.05, 4.69) is 11.8 Å². The highest BCUT2D eigenvalue weighted by molar-refractivity contribution is 6.62. The van der Waals surface area contributed by atoms with Gasteiger partial charge in [0.1, 0.15) is 6.04 Å². The highest BCUT2D eigenvalue weighted by Crippen LogP contribution is 2.30. The van der Waals surface area contributed by atoms with Crippen LogP contribution in [0.4, 0.5) is 0 Å². The van der Waals surface area contributed by atoms with Crippen LogP contribution in [0.2, 0.25) is 0 Å². The first-order valence-corrected chi connectivity index (χ1v) is 10.7. The van der Waals surface area contributed by atoms with Crippen LogP contribution in [-0.2, 0) is 22.8 Å². The Labute approximate surface area is 141 Å². The SMILES string of the molecule is CCOC(=O)C1CCCN1C(CC)[Si](OCC)(OCC)OCC. The van der Waals surface area contributed by atoms with E-state index in [0.29, 0.717) is 26.4 Å². The zero-order valence-corrected chi connectivity index (χ0v) is 16.3. The van der Waals surface area contributed by atoms with E-state index in [-0.39, 0.29) is 17.7 Å². The molecule has 2 atom stereocenters. The maximum absolute atomic E-state index is 12.3. The van der Waals surface area contributed by atoms with Crippen molar-refractivity contribution in [2.45, 2.75) is 65.6 Å². The van der Waals surface area contributed by atoms with Gasteiger partial charge in [0.05, 0.1) is 12.3 Å². The number of hydrogen-bond acceptors (Lipinski definition) is 6. The lowest BCUT2D eigenvalue weighted by Gasteiger charge is -2.41. The fourth-order valence-electron chi connectivity index (χ4n) is 3.36. The smallest absolute Gasteiger partial charge is 0.465 e. The van der Waals surface area contributed by atoms with Crippen molar-refractivity contribution in [1.82, 2.24) is 4.90 Å². The molecule has 1 fully saturated rings. The molecule has 23 heavy (non-hydrogen) atoms. The second kappa shape index (κ2) is 10.4. The van der Waals surface area contributed by atoms with Crippen molar-refractivity contribution in [3.63, 3.8) is 0 Å². The van der Waals surface area contributed by atoms with E-state index < -0.39 is 8.80 Å². The summed E-state index contributed by atoms with van der Waals surface area (Å²) in [4.78, 5) is 14.5. The number of nitrogens with zero attached hydrogens (tertiary/aromatic N) is 1. The standard InChI is InChI=1S/C16H33NO5Si/c1-6-15(23(20-8-3,21-9-4)22-10-5)17-13-11-12-14(17)16(18)19-7-2/h14-15H,6-13H2,1-5H3. The summed E-state index contributed by atoms with van der Waals surface area (Å²) < 4.78 is 23.4. The Kier molecular flexibility index (Phi) is 9.31. The Hall–Kier alpha value is -0.473. The predicted molar refractivity (Wildman–Crippen MR) is 91.1 cm³/mol. The molecule has 1 rings (SSSR count). The third-order valence-corrected chi connectivity index (χ3v) is 7.71. The first kappa shape index (κ1) is 20.6. The molecule has 2 unspecified atom stereocenters. The molecule has 0 aromatic rings. The van der Waals surface area contributed by atoms with Crippen molar-refractivity contribution in [3.05, 3.63) is 0 Å². The lowest BCUT2D eigenvalue weighted by atomic mass is 10.2. The van der Waals surface area contributed by atoms with Gasteiger partial charge in [0.15, 0.2) is 0 Å². The van der Waals surface area contributed by atoms with Crippen molar-refractivity contribution < 1.29 is 22.8 Å². The van der Waals surface area contributed by atoms with Gasteiger partial charge in [-0.05, 0) is 53.5 Å². The topological polar surface area (TPSA) is 57.2 Å². The van der Waals surface area contributed by atoms with Crippen molar-refractivity contribution in [1.29, 1.82) is 0 Å². The van der Waals surface area contributed by atoms with E-state index in [1.807, 2.05) is 27.7 Å². The van der Waals surface area contributed by atoms with Gasteiger partial charge in [-0.1, -0.05) is 6.92 Å². The fraction of sp³-hybridized carbons (Fsp3) is 0.938. The number of likely N-dealkylation sites (tertiary alicyclic amines) is 1. The van der Waals surface area contributed by atoms with Crippen LogP contribution in [0.15, 0.2) is 0 Å². The molecular weight excluding hydrogens is 314 g/mol. The Morgan fingerprint density at radius 2 is 1.61 bits per heavy atom. The van der Waals surface area contributed by atoms with Crippen molar-refractivity contribution in [2.75, 3.05) is 33.0 Å². The van der Waals surface area contributed by atoms with E-state index in [4.69, 9.17) is 18.0 Å². The zero-order chi connectivity index (χ0) is 17.3. The summed E-state index contributed by atoms with van der Waals surface area (Å²) >= 11 is 0. The number of carbonyl (C=O) groups excluding carboxylic acids is 1. The van der Waals surface area contributed by atoms with E-state index in [1.54, 1.807) is 0 Å². The Morgan fingerprint density at radius 3 is 2.04 bits per heavy atom. The minimum absolute atomic E-state index is 0.0146. The summed E-state index contributed by atoms with van der Waals surface area (Å²) in [7, 11) is -2.88. The van der Waals surface area contributed by atoms with Gasteiger partial charge >= 0.3 is 14.8 Å². The molecule has 7 heteroatoms. The molecule has 0 N–H and O–H groups in total. The fourth-order valence-corrected chi connectivity index (χ4v) is 6.61. The van der Waals surface area contributed by atoms with Gasteiger partial charge in [-0.3, -0.25) is 9.69 Å². The maximum atomic E-state index is 12.3. The summed E-state index contributed by atoms with van der Waals surface area (Å²) in [6, 6.07) is -0.215. The largest absolute Gasteiger partial charge is 0.519 e. The second-order valence-corrected chi connectivity index (χ2v) is 8.21. The van der Waals surface area contributed by atoms with E-state index in [0.717, 1.165) is 25.8 Å². The van der Waals surface area contributed by atoms with E-state index in [1.165, 1.54) is 0 Å². The minimum Gasteiger partial charge on any atom is -0.465 e. The van der Waals surface area contributed by atoms with Crippen LogP contribution < -0.4 is 0 Å². The van der Waals surface area contributed by atoms with Crippen LogP contribution in [-0.4, -0.2) is 64.4 Å². The highest BCUT2D eigenvalue weighted by Gasteiger charge is 2.54. The third kappa shape index (κ3) is 5.00. The molecule has 0 aliphatic carbocycles. The van der Waals surface area contributed by atoms with Crippen LogP contribution in [0.25, 0.3) is 0 Å². The van der Waals surface area contributed by atoms with Crippen molar-refractivity contribution in [3.8, 4) is 0 Å². The Bertz CT molecular complexity index is 338. The maximum Gasteiger partial charge on any atom is 0.519 e. The summed E-state index contributed by atoms with van der Waals surface area (Å²) in [6.45, 7) is 12.7. The number of ether oxygens (including phenoxy) is 1. The van der Waals surface area contributed by atoms with Crippen molar-refractivity contribution in [2.24, 2.45) is 0 Å². The van der Waals surface area contributed by atoms with Crippen LogP contribution in [0, 0.1) is 0 Å². The molecule has 6 nitrogen and oxygen atoms in total. The summed E-state index contributed by atoms with van der Waals surface area (Å²) in [5.41, 5.74) is -0.0146. The predicted octanol–water partition coefficient (Wildman–Crippen LogP) is 2.38. The molecule has 0 spiro atoms. The molecule has 0 radical (unpaired) electrons. The molecule has 1 aliphatic heterocycles. The lowest BCUT2D eigenvalue weighted by Crippen LogP contribution is -2.64. The van der Waals surface area contributed by atoms with Crippen LogP contribution in [0.3, 0.4) is 0 Å². The van der Waals surface area contributed by atoms with Crippen LogP contribution in [0.5, 0.6) is 0 Å². The molecule has 0 aromatic heterocycles. The number of rotatable bonds is 11. The number of esters is 1. The number of hydrogen-bond donors (Lipinski definition) is 0. The quantitative estimate of drug-likeness (QED) is 0.422. The molecule has 0 amide bonds. The van der Waals surface area contributed by atoms with Gasteiger partial charge in [-0.25, -0.2) is 0 Å². The van der Waals surface area contributed by atoms with Gasteiger partial charge in [0.2, 0.25) is 0 Å². The average Bonchev–Trinajstić information content (AvgIpc) is 2.98. The third-order valence-electron chi connectivity index (χ3n) is 4.08. The highest BCUT2D eigenvalue weighted by atomic mass is 28.4. The first-order chi connectivity index (χ1) is 11.1. The van der Waals surface area contributed by atoms with Gasteiger partial charge in [-0.15, -0.1) is 0 Å². The summed E-state index contributed by atoms with van der Waals surface area (Å²) in [5.74, 6) is -0.143. The summed E-state index contributed by atoms with van der Waals surface area (Å²) in [6.07, 6.45) is 2.63. The Balaban J connectivity index is 3.06. The first-order valence-electron chi connectivity index (χ1n) is 8.94. The minimum atomic E-state index is -2.88. The van der Waals surface area contributed by atoms with Crippen LogP contribution in [0.1, 0.15) is 53.9 Å². The summed E-state index contributed by atoms with van der Waals surface area (Å²) in [5, 5.41) is 0.